The van der Waals surface area contributed by atoms with Crippen LogP contribution in [0.2, 0.25) is 0 Å². The Kier molecular flexibility index (Phi) is 9.34. The largest absolute Gasteiger partial charge is 0.612 e. The van der Waals surface area contributed by atoms with Crippen molar-refractivity contribution < 1.29 is 9.69 Å². The molecule has 0 radical (unpaired) electrons. The fourth-order valence-electron chi connectivity index (χ4n) is 3.19. The lowest BCUT2D eigenvalue weighted by Crippen LogP contribution is -2.35. The molecule has 2 aromatic heterocycles. The Morgan fingerprint density at radius 3 is 2.65 bits per heavy atom. The SMILES string of the molecule is CC(C)C[C@H](N=[P+]([O-])Cc1cccs1)C(=O)NCCCc1ccc(-c2nccs2)cc1. The van der Waals surface area contributed by atoms with E-state index in [9.17, 15) is 9.69 Å². The van der Waals surface area contributed by atoms with Crippen LogP contribution in [0.1, 0.15) is 37.1 Å². The van der Waals surface area contributed by atoms with Gasteiger partial charge in [0.15, 0.2) is 20.1 Å². The molecule has 1 N–H and O–H groups in total. The molecule has 1 amide bonds. The van der Waals surface area contributed by atoms with Crippen LogP contribution >= 0.6 is 30.6 Å². The quantitative estimate of drug-likeness (QED) is 0.296. The second-order valence-electron chi connectivity index (χ2n) is 7.78. The van der Waals surface area contributed by atoms with Crippen LogP contribution in [0.25, 0.3) is 10.6 Å². The zero-order chi connectivity index (χ0) is 22.1. The van der Waals surface area contributed by atoms with Crippen LogP contribution in [0.4, 0.5) is 0 Å². The second-order valence-corrected chi connectivity index (χ2v) is 11.0. The molecule has 0 saturated heterocycles. The van der Waals surface area contributed by atoms with E-state index in [1.807, 2.05) is 29.1 Å². The Morgan fingerprint density at radius 1 is 1.19 bits per heavy atom. The molecule has 0 aliphatic rings. The van der Waals surface area contributed by atoms with E-state index >= 15 is 0 Å². The molecule has 1 unspecified atom stereocenters. The number of amides is 1. The average Bonchev–Trinajstić information content (AvgIpc) is 3.45. The standard InChI is InChI=1S/C23H28N3O2PS2/c1-17(2)15-21(26-29(28)16-20-6-4-13-30-20)22(27)24-11-3-5-18-7-9-19(10-8-18)23-25-12-14-31-23/h4,6-10,12-14,17,21H,3,5,11,15-16H2,1-2H3,(H,24,27)/t21-/m0/s1. The predicted octanol–water partition coefficient (Wildman–Crippen LogP) is 5.48. The van der Waals surface area contributed by atoms with Crippen LogP contribution in [0.15, 0.2) is 58.1 Å². The molecule has 3 aromatic rings. The van der Waals surface area contributed by atoms with Crippen molar-refractivity contribution in [3.63, 3.8) is 0 Å². The van der Waals surface area contributed by atoms with Crippen molar-refractivity contribution in [2.45, 2.75) is 45.3 Å². The smallest absolute Gasteiger partial charge is 0.248 e. The molecule has 31 heavy (non-hydrogen) atoms. The number of carbonyl (C=O) groups is 1. The van der Waals surface area contributed by atoms with Crippen LogP contribution in [0.3, 0.4) is 0 Å². The minimum Gasteiger partial charge on any atom is -0.612 e. The van der Waals surface area contributed by atoms with E-state index in [4.69, 9.17) is 0 Å². The summed E-state index contributed by atoms with van der Waals surface area (Å²) < 4.78 is 4.36. The zero-order valence-corrected chi connectivity index (χ0v) is 20.4. The summed E-state index contributed by atoms with van der Waals surface area (Å²) >= 11 is 3.20. The first-order chi connectivity index (χ1) is 15.0. The van der Waals surface area contributed by atoms with Crippen LogP contribution < -0.4 is 10.2 Å². The predicted molar refractivity (Wildman–Crippen MR) is 129 cm³/mol. The molecule has 164 valence electrons. The van der Waals surface area contributed by atoms with Crippen LogP contribution in [-0.2, 0) is 17.4 Å². The molecule has 1 aromatic carbocycles. The van der Waals surface area contributed by atoms with Gasteiger partial charge in [0.25, 0.3) is 0 Å². The Balaban J connectivity index is 1.47. The Bertz CT molecular complexity index is 955. The first-order valence-electron chi connectivity index (χ1n) is 10.5. The van der Waals surface area contributed by atoms with E-state index in [0.29, 0.717) is 25.0 Å². The van der Waals surface area contributed by atoms with Gasteiger partial charge in [-0.3, -0.25) is 4.79 Å². The van der Waals surface area contributed by atoms with Crippen molar-refractivity contribution in [2.24, 2.45) is 10.7 Å². The molecule has 0 aliphatic heterocycles. The topological polar surface area (TPSA) is 77.4 Å². The number of thiazole rings is 1. The van der Waals surface area contributed by atoms with Crippen molar-refractivity contribution in [3.8, 4) is 10.6 Å². The summed E-state index contributed by atoms with van der Waals surface area (Å²) in [4.78, 5) is 30.5. The molecule has 0 saturated carbocycles. The second kappa shape index (κ2) is 12.2. The average molecular weight is 474 g/mol. The van der Waals surface area contributed by atoms with E-state index in [-0.39, 0.29) is 5.91 Å². The maximum atomic E-state index is 12.7. The van der Waals surface area contributed by atoms with Gasteiger partial charge < -0.3 is 10.2 Å². The summed E-state index contributed by atoms with van der Waals surface area (Å²) in [5, 5.41) is 7.95. The van der Waals surface area contributed by atoms with Gasteiger partial charge in [0, 0.05) is 23.7 Å². The van der Waals surface area contributed by atoms with Gasteiger partial charge >= 0.3 is 0 Å². The lowest BCUT2D eigenvalue weighted by Gasteiger charge is -2.13. The molecule has 2 heterocycles. The fraction of sp³-hybridized carbons (Fsp3) is 0.391. The monoisotopic (exact) mass is 473 g/mol. The molecular formula is C23H28N3O2PS2. The van der Waals surface area contributed by atoms with Gasteiger partial charge in [-0.1, -0.05) is 44.2 Å². The van der Waals surface area contributed by atoms with Gasteiger partial charge in [-0.05, 0) is 42.2 Å². The number of aryl methyl sites for hydroxylation is 1. The first-order valence-corrected chi connectivity index (χ1v) is 13.6. The highest BCUT2D eigenvalue weighted by molar-refractivity contribution is 7.39. The summed E-state index contributed by atoms with van der Waals surface area (Å²) in [5.41, 5.74) is 2.36. The Hall–Kier alpha value is -1.92. The number of benzene rings is 1. The Morgan fingerprint density at radius 2 is 2.00 bits per heavy atom. The summed E-state index contributed by atoms with van der Waals surface area (Å²) in [7, 11) is -1.79. The highest BCUT2D eigenvalue weighted by Crippen LogP contribution is 2.27. The molecule has 0 aliphatic carbocycles. The van der Waals surface area contributed by atoms with E-state index in [1.165, 1.54) is 5.56 Å². The van der Waals surface area contributed by atoms with Crippen molar-refractivity contribution in [1.82, 2.24) is 10.3 Å². The number of carbonyl (C=O) groups excluding carboxylic acids is 1. The van der Waals surface area contributed by atoms with Crippen LogP contribution in [-0.4, -0.2) is 23.5 Å². The number of rotatable bonds is 11. The minimum absolute atomic E-state index is 0.123. The summed E-state index contributed by atoms with van der Waals surface area (Å²) in [6.07, 6.45) is 4.56. The van der Waals surface area contributed by atoms with Crippen molar-refractivity contribution in [1.29, 1.82) is 0 Å². The maximum absolute atomic E-state index is 12.7. The molecular weight excluding hydrogens is 445 g/mol. The van der Waals surface area contributed by atoms with Gasteiger partial charge in [0.05, 0.1) is 4.88 Å². The lowest BCUT2D eigenvalue weighted by molar-refractivity contribution is -0.156. The molecule has 0 bridgehead atoms. The number of hydrogen-bond acceptors (Lipinski definition) is 6. The maximum Gasteiger partial charge on any atom is 0.248 e. The van der Waals surface area contributed by atoms with Crippen LogP contribution in [0, 0.1) is 5.92 Å². The van der Waals surface area contributed by atoms with Crippen LogP contribution in [0.5, 0.6) is 0 Å². The third-order valence-corrected chi connectivity index (χ3v) is 7.77. The fourth-order valence-corrected chi connectivity index (χ4v) is 5.91. The molecule has 3 rings (SSSR count). The molecule has 2 atom stereocenters. The van der Waals surface area contributed by atoms with E-state index < -0.39 is 14.0 Å². The third kappa shape index (κ3) is 7.93. The number of nitrogens with zero attached hydrogens (tertiary/aromatic N) is 2. The van der Waals surface area contributed by atoms with E-state index in [0.717, 1.165) is 28.3 Å². The highest BCUT2D eigenvalue weighted by atomic mass is 32.1. The number of nitrogens with one attached hydrogen (secondary N) is 1. The molecule has 0 spiro atoms. The minimum atomic E-state index is -1.79. The third-order valence-electron chi connectivity index (χ3n) is 4.71. The van der Waals surface area contributed by atoms with Gasteiger partial charge in [0.1, 0.15) is 5.01 Å². The number of hydrogen-bond donors (Lipinski definition) is 1. The van der Waals surface area contributed by atoms with Gasteiger partial charge in [-0.25, -0.2) is 4.98 Å². The lowest BCUT2D eigenvalue weighted by atomic mass is 10.0. The van der Waals surface area contributed by atoms with E-state index in [1.54, 1.807) is 22.7 Å². The summed E-state index contributed by atoms with van der Waals surface area (Å²) in [5.74, 6) is 0.184. The Labute approximate surface area is 193 Å². The van der Waals surface area contributed by atoms with Crippen molar-refractivity contribution >= 4 is 36.5 Å². The summed E-state index contributed by atoms with van der Waals surface area (Å²) in [6, 6.07) is 11.8. The van der Waals surface area contributed by atoms with Gasteiger partial charge in [0.2, 0.25) is 5.91 Å². The van der Waals surface area contributed by atoms with Gasteiger partial charge in [-0.15, -0.1) is 27.4 Å². The summed E-state index contributed by atoms with van der Waals surface area (Å²) in [6.45, 7) is 4.69. The normalized spacial score (nSPS) is 12.8. The molecule has 8 heteroatoms. The highest BCUT2D eigenvalue weighted by Gasteiger charge is 2.22. The first kappa shape index (κ1) is 23.7. The van der Waals surface area contributed by atoms with E-state index in [2.05, 4.69) is 53.2 Å². The zero-order valence-electron chi connectivity index (χ0n) is 17.9. The van der Waals surface area contributed by atoms with Crippen molar-refractivity contribution in [3.05, 3.63) is 63.8 Å². The molecule has 5 nitrogen and oxygen atoms in total. The molecule has 0 fully saturated rings. The van der Waals surface area contributed by atoms with Crippen molar-refractivity contribution in [2.75, 3.05) is 6.54 Å². The number of aromatic nitrogens is 1. The number of thiophene rings is 1. The van der Waals surface area contributed by atoms with Gasteiger partial charge in [-0.2, -0.15) is 0 Å².